The van der Waals surface area contributed by atoms with Gasteiger partial charge in [0.25, 0.3) is 11.9 Å². The van der Waals surface area contributed by atoms with Crippen molar-refractivity contribution in [2.75, 3.05) is 0 Å². The molecule has 0 heterocycles. The van der Waals surface area contributed by atoms with Crippen LogP contribution in [0.25, 0.3) is 0 Å². The zero-order chi connectivity index (χ0) is 12.1. The summed E-state index contributed by atoms with van der Waals surface area (Å²) in [4.78, 5) is 32.3. The largest absolute Gasteiger partial charge is 0.702 e. The highest BCUT2D eigenvalue weighted by Gasteiger charge is 2.45. The molecule has 0 aromatic heterocycles. The molecule has 15 heavy (non-hydrogen) atoms. The molecule has 0 aromatic rings. The van der Waals surface area contributed by atoms with E-state index in [9.17, 15) is 14.4 Å². The van der Waals surface area contributed by atoms with Gasteiger partial charge in [-0.1, -0.05) is 6.58 Å². The second-order valence-corrected chi connectivity index (χ2v) is 5.01. The fourth-order valence-corrected chi connectivity index (χ4v) is 2.43. The Hall–Kier alpha value is -1.63. The maximum absolute atomic E-state index is 10.9. The zero-order valence-electron chi connectivity index (χ0n) is 8.73. The molecule has 0 aliphatic carbocycles. The third-order valence-corrected chi connectivity index (χ3v) is 3.00. The molecule has 0 aromatic carbocycles. The Morgan fingerprint density at radius 1 is 1.07 bits per heavy atom. The van der Waals surface area contributed by atoms with E-state index in [4.69, 9.17) is 4.43 Å². The third-order valence-electron chi connectivity index (χ3n) is 1.11. The van der Waals surface area contributed by atoms with Crippen LogP contribution in [0.3, 0.4) is 0 Å². The maximum Gasteiger partial charge on any atom is 0.702 e. The van der Waals surface area contributed by atoms with Crippen LogP contribution in [0.15, 0.2) is 12.7 Å². The molecule has 0 saturated heterocycles. The molecular formula is C8H12O6Si. The molecule has 0 rings (SSSR count). The molecule has 0 N–H and O–H groups in total. The first kappa shape index (κ1) is 13.4. The number of carbonyl (C=O) groups is 3. The van der Waals surface area contributed by atoms with Crippen LogP contribution in [-0.2, 0) is 27.7 Å². The normalized spacial score (nSPS) is 10.1. The Morgan fingerprint density at radius 3 is 1.73 bits per heavy atom. The van der Waals surface area contributed by atoms with E-state index < -0.39 is 26.7 Å². The van der Waals surface area contributed by atoms with Crippen molar-refractivity contribution in [1.29, 1.82) is 0 Å². The lowest BCUT2D eigenvalue weighted by molar-refractivity contribution is -0.146. The van der Waals surface area contributed by atoms with E-state index in [2.05, 4.69) is 15.4 Å². The minimum absolute atomic E-state index is 0.692. The van der Waals surface area contributed by atoms with Gasteiger partial charge in [0.2, 0.25) is 0 Å². The fraction of sp³-hybridized carbons (Fsp3) is 0.375. The van der Waals surface area contributed by atoms with E-state index in [-0.39, 0.29) is 0 Å². The first-order valence-electron chi connectivity index (χ1n) is 4.03. The summed E-state index contributed by atoms with van der Waals surface area (Å²) in [5.74, 6) is -2.20. The average molecular weight is 232 g/mol. The summed E-state index contributed by atoms with van der Waals surface area (Å²) in [6.45, 7) is 6.67. The van der Waals surface area contributed by atoms with Gasteiger partial charge < -0.3 is 13.3 Å². The number of hydrogen-bond donors (Lipinski definition) is 0. The predicted octanol–water partition coefficient (Wildman–Crippen LogP) is 0.410. The third kappa shape index (κ3) is 5.63. The van der Waals surface area contributed by atoms with E-state index in [1.54, 1.807) is 0 Å². The molecule has 0 fully saturated rings. The zero-order valence-corrected chi connectivity index (χ0v) is 9.73. The lowest BCUT2D eigenvalue weighted by atomic mass is 10.7. The van der Waals surface area contributed by atoms with Crippen LogP contribution in [0, 0.1) is 0 Å². The van der Waals surface area contributed by atoms with E-state index in [1.807, 2.05) is 0 Å². The van der Waals surface area contributed by atoms with Gasteiger partial charge in [0.05, 0.1) is 0 Å². The number of carbonyl (C=O) groups excluding carboxylic acids is 3. The first-order chi connectivity index (χ1) is 6.79. The number of rotatable bonds is 4. The van der Waals surface area contributed by atoms with Crippen molar-refractivity contribution in [2.45, 2.75) is 20.4 Å². The van der Waals surface area contributed by atoms with Gasteiger partial charge >= 0.3 is 14.8 Å². The van der Waals surface area contributed by atoms with Gasteiger partial charge in [0, 0.05) is 26.5 Å². The van der Waals surface area contributed by atoms with Gasteiger partial charge in [-0.05, 0) is 0 Å². The van der Waals surface area contributed by atoms with Crippen molar-refractivity contribution >= 4 is 26.7 Å². The smallest absolute Gasteiger partial charge is 0.455 e. The Labute approximate surface area is 88.2 Å². The summed E-state index contributed by atoms with van der Waals surface area (Å²) < 4.78 is 14.1. The Kier molecular flexibility index (Phi) is 4.72. The van der Waals surface area contributed by atoms with Crippen LogP contribution in [0.5, 0.6) is 0 Å². The molecule has 0 radical (unpaired) electrons. The topological polar surface area (TPSA) is 78.9 Å². The van der Waals surface area contributed by atoms with E-state index in [0.29, 0.717) is 0 Å². The van der Waals surface area contributed by atoms with E-state index >= 15 is 0 Å². The Bertz CT molecular complexity index is 282. The predicted molar refractivity (Wildman–Crippen MR) is 51.4 cm³/mol. The van der Waals surface area contributed by atoms with Crippen molar-refractivity contribution in [1.82, 2.24) is 0 Å². The highest BCUT2D eigenvalue weighted by molar-refractivity contribution is 6.64. The van der Waals surface area contributed by atoms with Crippen LogP contribution in [0.1, 0.15) is 13.8 Å². The van der Waals surface area contributed by atoms with Gasteiger partial charge in [0.15, 0.2) is 0 Å². The molecule has 0 atom stereocenters. The van der Waals surface area contributed by atoms with Crippen LogP contribution >= 0.6 is 0 Å². The van der Waals surface area contributed by atoms with Gasteiger partial charge in [-0.2, -0.15) is 0 Å². The van der Waals surface area contributed by atoms with Crippen molar-refractivity contribution in [3.05, 3.63) is 12.7 Å². The van der Waals surface area contributed by atoms with Gasteiger partial charge in [-0.3, -0.25) is 9.59 Å². The maximum atomic E-state index is 10.9. The summed E-state index contributed by atoms with van der Waals surface area (Å²) in [6, 6.07) is 0. The second-order valence-electron chi connectivity index (χ2n) is 2.67. The van der Waals surface area contributed by atoms with E-state index in [1.165, 1.54) is 6.55 Å². The molecule has 7 heteroatoms. The van der Waals surface area contributed by atoms with E-state index in [0.717, 1.165) is 19.9 Å². The summed E-state index contributed by atoms with van der Waals surface area (Å²) in [5, 5.41) is 0. The van der Waals surface area contributed by atoms with Gasteiger partial charge in [0.1, 0.15) is 0 Å². The lowest BCUT2D eigenvalue weighted by Gasteiger charge is -2.22. The second kappa shape index (κ2) is 5.30. The fourth-order valence-electron chi connectivity index (χ4n) is 0.809. The van der Waals surface area contributed by atoms with Crippen LogP contribution in [-0.4, -0.2) is 26.7 Å². The highest BCUT2D eigenvalue weighted by atomic mass is 28.4. The first-order valence-corrected chi connectivity index (χ1v) is 6.26. The number of hydrogen-bond acceptors (Lipinski definition) is 6. The Morgan fingerprint density at radius 2 is 1.47 bits per heavy atom. The quantitative estimate of drug-likeness (QED) is 0.516. The minimum Gasteiger partial charge on any atom is -0.455 e. The molecule has 0 unspecified atom stereocenters. The van der Waals surface area contributed by atoms with Crippen molar-refractivity contribution in [2.24, 2.45) is 0 Å². The van der Waals surface area contributed by atoms with Gasteiger partial charge in [-0.25, -0.2) is 4.79 Å². The summed E-state index contributed by atoms with van der Waals surface area (Å²) in [6.07, 6.45) is 0.887. The molecule has 0 amide bonds. The average Bonchev–Trinajstić information content (AvgIpc) is 1.99. The van der Waals surface area contributed by atoms with Crippen molar-refractivity contribution in [3.8, 4) is 0 Å². The molecular weight excluding hydrogens is 220 g/mol. The summed E-state index contributed by atoms with van der Waals surface area (Å²) >= 11 is 0. The van der Waals surface area contributed by atoms with Crippen LogP contribution < -0.4 is 0 Å². The molecule has 0 bridgehead atoms. The molecule has 84 valence electrons. The highest BCUT2D eigenvalue weighted by Crippen LogP contribution is 2.10. The summed E-state index contributed by atoms with van der Waals surface area (Å²) in [5.41, 5.74) is 0. The lowest BCUT2D eigenvalue weighted by Crippen LogP contribution is -2.46. The van der Waals surface area contributed by atoms with Crippen molar-refractivity contribution < 1.29 is 27.7 Å². The van der Waals surface area contributed by atoms with Crippen LogP contribution in [0.4, 0.5) is 0 Å². The summed E-state index contributed by atoms with van der Waals surface area (Å²) in [7, 11) is -3.58. The molecule has 0 spiro atoms. The standard InChI is InChI=1S/C8H12O6Si/c1-5-8(11)14-15(4,12-6(2)9)13-7(3)10/h5H,1H2,2-4H3. The molecule has 6 nitrogen and oxygen atoms in total. The monoisotopic (exact) mass is 232 g/mol. The van der Waals surface area contributed by atoms with Crippen LogP contribution in [0.2, 0.25) is 6.55 Å². The minimum atomic E-state index is -3.58. The Balaban J connectivity index is 4.67. The van der Waals surface area contributed by atoms with Crippen molar-refractivity contribution in [3.63, 3.8) is 0 Å². The SMILES string of the molecule is C=CC(=O)O[Si](C)(OC(C)=O)OC(C)=O. The van der Waals surface area contributed by atoms with Gasteiger partial charge in [-0.15, -0.1) is 0 Å². The molecule has 0 aliphatic heterocycles. The molecule has 0 saturated carbocycles. The molecule has 0 aliphatic rings.